The fourth-order valence-electron chi connectivity index (χ4n) is 3.20. The Balaban J connectivity index is 1.84. The smallest absolute Gasteiger partial charge is 0.403 e. The number of fused-ring (bicyclic) bond motifs is 1. The van der Waals surface area contributed by atoms with Gasteiger partial charge in [-0.15, -0.1) is 0 Å². The van der Waals surface area contributed by atoms with E-state index in [4.69, 9.17) is 9.31 Å². The quantitative estimate of drug-likeness (QED) is 0.680. The lowest BCUT2D eigenvalue weighted by molar-refractivity contribution is -0.117. The largest absolute Gasteiger partial charge is 0.465 e. The van der Waals surface area contributed by atoms with Gasteiger partial charge in [-0.3, -0.25) is 4.79 Å². The van der Waals surface area contributed by atoms with Crippen molar-refractivity contribution < 1.29 is 14.1 Å². The van der Waals surface area contributed by atoms with Gasteiger partial charge >= 0.3 is 7.12 Å². The fourth-order valence-corrected chi connectivity index (χ4v) is 3.20. The summed E-state index contributed by atoms with van der Waals surface area (Å²) < 4.78 is 12.3. The number of carbonyl (C=O) groups is 1. The highest BCUT2D eigenvalue weighted by Gasteiger charge is 2.56. The van der Waals surface area contributed by atoms with Crippen molar-refractivity contribution in [2.24, 2.45) is 5.92 Å². The summed E-state index contributed by atoms with van der Waals surface area (Å²) in [6.07, 6.45) is 7.51. The van der Waals surface area contributed by atoms with E-state index in [-0.39, 0.29) is 35.8 Å². The van der Waals surface area contributed by atoms with Crippen LogP contribution in [0.4, 0.5) is 0 Å². The number of hydrogen-bond acceptors (Lipinski definition) is 3. The van der Waals surface area contributed by atoms with E-state index >= 15 is 0 Å². The SMILES string of the molecule is CC1(C)OB(C2CCC3C(=O)C=CC=C23)OC1(C)C. The monoisotopic (exact) mass is 260 g/mol. The zero-order valence-corrected chi connectivity index (χ0v) is 12.1. The van der Waals surface area contributed by atoms with Gasteiger partial charge in [0.05, 0.1) is 11.2 Å². The lowest BCUT2D eigenvalue weighted by Gasteiger charge is -2.32. The zero-order valence-electron chi connectivity index (χ0n) is 12.1. The molecule has 2 unspecified atom stereocenters. The Hall–Kier alpha value is -0.865. The van der Waals surface area contributed by atoms with Crippen molar-refractivity contribution in [1.29, 1.82) is 0 Å². The number of allylic oxidation sites excluding steroid dienone is 4. The normalized spacial score (nSPS) is 35.5. The molecule has 0 radical (unpaired) electrons. The van der Waals surface area contributed by atoms with Gasteiger partial charge in [0.2, 0.25) is 0 Å². The molecule has 0 bridgehead atoms. The van der Waals surface area contributed by atoms with Crippen LogP contribution in [-0.2, 0) is 14.1 Å². The molecule has 0 aromatic heterocycles. The highest BCUT2D eigenvalue weighted by molar-refractivity contribution is 6.48. The molecule has 2 fully saturated rings. The first-order valence-corrected chi connectivity index (χ1v) is 7.09. The Morgan fingerprint density at radius 2 is 1.79 bits per heavy atom. The van der Waals surface area contributed by atoms with Crippen LogP contribution in [0.25, 0.3) is 0 Å². The first-order chi connectivity index (χ1) is 8.82. The van der Waals surface area contributed by atoms with E-state index < -0.39 is 0 Å². The van der Waals surface area contributed by atoms with E-state index in [1.807, 2.05) is 6.08 Å². The molecule has 0 N–H and O–H groups in total. The standard InChI is InChI=1S/C15H21BO3/c1-14(2)15(3,4)19-16(18-14)12-9-8-11-10(12)6-5-7-13(11)17/h5-7,11-12H,8-9H2,1-4H3. The molecule has 0 spiro atoms. The third-order valence-electron chi connectivity index (χ3n) is 5.09. The maximum atomic E-state index is 11.9. The average Bonchev–Trinajstić information content (AvgIpc) is 2.80. The summed E-state index contributed by atoms with van der Waals surface area (Å²) in [5.74, 6) is 0.519. The van der Waals surface area contributed by atoms with E-state index in [2.05, 4.69) is 33.8 Å². The van der Waals surface area contributed by atoms with Crippen LogP contribution in [0, 0.1) is 5.92 Å². The molecule has 1 heterocycles. The first-order valence-electron chi connectivity index (χ1n) is 7.09. The summed E-state index contributed by atoms with van der Waals surface area (Å²) in [4.78, 5) is 11.9. The van der Waals surface area contributed by atoms with Crippen LogP contribution in [0.1, 0.15) is 40.5 Å². The molecule has 1 saturated carbocycles. The van der Waals surface area contributed by atoms with Gasteiger partial charge in [0.1, 0.15) is 0 Å². The minimum Gasteiger partial charge on any atom is -0.403 e. The van der Waals surface area contributed by atoms with Gasteiger partial charge in [0.25, 0.3) is 0 Å². The van der Waals surface area contributed by atoms with Gasteiger partial charge in [-0.25, -0.2) is 0 Å². The highest BCUT2D eigenvalue weighted by Crippen LogP contribution is 2.50. The topological polar surface area (TPSA) is 35.5 Å². The van der Waals surface area contributed by atoms with Crippen molar-refractivity contribution >= 4 is 12.9 Å². The van der Waals surface area contributed by atoms with Crippen LogP contribution >= 0.6 is 0 Å². The Kier molecular flexibility index (Phi) is 2.81. The van der Waals surface area contributed by atoms with Crippen molar-refractivity contribution in [2.75, 3.05) is 0 Å². The molecule has 4 heteroatoms. The van der Waals surface area contributed by atoms with Crippen molar-refractivity contribution in [2.45, 2.75) is 57.6 Å². The highest BCUT2D eigenvalue weighted by atomic mass is 16.7. The predicted octanol–water partition coefficient (Wildman–Crippen LogP) is 2.92. The minimum absolute atomic E-state index is 0.0639. The number of carbonyl (C=O) groups excluding carboxylic acids is 1. The van der Waals surface area contributed by atoms with Crippen LogP contribution in [0.3, 0.4) is 0 Å². The fraction of sp³-hybridized carbons (Fsp3) is 0.667. The molecule has 3 nitrogen and oxygen atoms in total. The van der Waals surface area contributed by atoms with Gasteiger partial charge in [0, 0.05) is 11.7 Å². The predicted molar refractivity (Wildman–Crippen MR) is 74.8 cm³/mol. The maximum absolute atomic E-state index is 11.9. The van der Waals surface area contributed by atoms with E-state index in [0.717, 1.165) is 12.8 Å². The summed E-state index contributed by atoms with van der Waals surface area (Å²) in [7, 11) is -0.222. The Bertz CT molecular complexity index is 460. The molecule has 102 valence electrons. The van der Waals surface area contributed by atoms with Gasteiger partial charge in [-0.1, -0.05) is 17.7 Å². The van der Waals surface area contributed by atoms with Crippen LogP contribution in [0.5, 0.6) is 0 Å². The minimum atomic E-state index is -0.301. The Labute approximate surface area is 115 Å². The van der Waals surface area contributed by atoms with E-state index in [1.165, 1.54) is 5.57 Å². The molecule has 0 aromatic carbocycles. The number of ketones is 1. The molecule has 19 heavy (non-hydrogen) atoms. The van der Waals surface area contributed by atoms with E-state index in [1.54, 1.807) is 6.08 Å². The lowest BCUT2D eigenvalue weighted by atomic mass is 9.67. The molecule has 3 aliphatic rings. The lowest BCUT2D eigenvalue weighted by Crippen LogP contribution is -2.41. The third-order valence-corrected chi connectivity index (χ3v) is 5.09. The van der Waals surface area contributed by atoms with Gasteiger partial charge in [-0.05, 0) is 46.6 Å². The van der Waals surface area contributed by atoms with Crippen LogP contribution in [0.15, 0.2) is 23.8 Å². The van der Waals surface area contributed by atoms with Gasteiger partial charge in [0.15, 0.2) is 5.78 Å². The van der Waals surface area contributed by atoms with Crippen LogP contribution < -0.4 is 0 Å². The summed E-state index contributed by atoms with van der Waals surface area (Å²) in [6, 6.07) is 0. The van der Waals surface area contributed by atoms with Crippen molar-refractivity contribution in [3.05, 3.63) is 23.8 Å². The third kappa shape index (κ3) is 1.93. The Morgan fingerprint density at radius 3 is 2.42 bits per heavy atom. The van der Waals surface area contributed by atoms with Crippen molar-refractivity contribution in [3.8, 4) is 0 Å². The van der Waals surface area contributed by atoms with Gasteiger partial charge in [-0.2, -0.15) is 0 Å². The van der Waals surface area contributed by atoms with Crippen molar-refractivity contribution in [1.82, 2.24) is 0 Å². The summed E-state index contributed by atoms with van der Waals surface area (Å²) >= 11 is 0. The first kappa shape index (κ1) is 13.1. The molecular formula is C15H21BO3. The van der Waals surface area contributed by atoms with Crippen LogP contribution in [-0.4, -0.2) is 24.1 Å². The molecule has 0 aromatic rings. The number of hydrogen-bond donors (Lipinski definition) is 0. The average molecular weight is 260 g/mol. The Morgan fingerprint density at radius 1 is 1.16 bits per heavy atom. The van der Waals surface area contributed by atoms with E-state index in [9.17, 15) is 4.79 Å². The second-order valence-corrected chi connectivity index (χ2v) is 6.79. The van der Waals surface area contributed by atoms with Gasteiger partial charge < -0.3 is 9.31 Å². The summed E-state index contributed by atoms with van der Waals surface area (Å²) in [5.41, 5.74) is 0.598. The summed E-state index contributed by atoms with van der Waals surface area (Å²) in [6.45, 7) is 8.28. The van der Waals surface area contributed by atoms with Crippen LogP contribution in [0.2, 0.25) is 5.82 Å². The molecule has 1 saturated heterocycles. The molecule has 1 aliphatic heterocycles. The van der Waals surface area contributed by atoms with E-state index in [0.29, 0.717) is 0 Å². The second-order valence-electron chi connectivity index (χ2n) is 6.79. The molecule has 2 aliphatic carbocycles. The molecule has 2 atom stereocenters. The summed E-state index contributed by atoms with van der Waals surface area (Å²) in [5, 5.41) is 0. The van der Waals surface area contributed by atoms with Crippen molar-refractivity contribution in [3.63, 3.8) is 0 Å². The molecular weight excluding hydrogens is 239 g/mol. The maximum Gasteiger partial charge on any atom is 0.465 e. The second kappa shape index (κ2) is 4.06. The number of rotatable bonds is 1. The molecule has 3 rings (SSSR count). The molecule has 0 amide bonds. The zero-order chi connectivity index (χ0) is 13.8.